The number of hydrogen-bond acceptors (Lipinski definition) is 5. The number of carbonyl (C=O) groups is 1. The Bertz CT molecular complexity index is 692. The van der Waals surface area contributed by atoms with Crippen molar-refractivity contribution in [2.24, 2.45) is 7.05 Å². The molecule has 8 nitrogen and oxygen atoms in total. The average molecular weight is 332 g/mol. The summed E-state index contributed by atoms with van der Waals surface area (Å²) < 4.78 is 6.99. The molecule has 0 saturated carbocycles. The number of aromatic nitrogens is 4. The molecule has 3 rings (SSSR count). The molecule has 24 heavy (non-hydrogen) atoms. The number of urea groups is 1. The lowest BCUT2D eigenvalue weighted by atomic mass is 10.1. The van der Waals surface area contributed by atoms with Crippen molar-refractivity contribution >= 4 is 11.8 Å². The van der Waals surface area contributed by atoms with Gasteiger partial charge in [-0.25, -0.2) is 4.79 Å². The summed E-state index contributed by atoms with van der Waals surface area (Å²) in [4.78, 5) is 19.0. The summed E-state index contributed by atoms with van der Waals surface area (Å²) in [6.07, 6.45) is 5.75. The smallest absolute Gasteiger partial charge is 0.323 e. The van der Waals surface area contributed by atoms with E-state index in [0.717, 1.165) is 25.7 Å². The molecule has 1 saturated heterocycles. The van der Waals surface area contributed by atoms with Gasteiger partial charge < -0.3 is 9.42 Å². The highest BCUT2D eigenvalue weighted by Crippen LogP contribution is 2.29. The molecule has 1 fully saturated rings. The molecule has 0 bridgehead atoms. The van der Waals surface area contributed by atoms with E-state index >= 15 is 0 Å². The number of nitrogens with one attached hydrogen (secondary N) is 1. The molecule has 0 radical (unpaired) electrons. The van der Waals surface area contributed by atoms with Gasteiger partial charge in [-0.2, -0.15) is 10.1 Å². The molecule has 1 N–H and O–H groups in total. The minimum absolute atomic E-state index is 0.160. The number of nitrogens with zero attached hydrogens (tertiary/aromatic N) is 5. The minimum atomic E-state index is -0.170. The molecule has 0 aliphatic carbocycles. The first-order valence-electron chi connectivity index (χ1n) is 8.45. The Labute approximate surface area is 141 Å². The Morgan fingerprint density at radius 1 is 1.38 bits per heavy atom. The summed E-state index contributed by atoms with van der Waals surface area (Å²) in [5.41, 5.74) is 0. The molecule has 2 aromatic heterocycles. The standard InChI is InChI=1S/C16H24N6O2/c1-11(2)15-18-14(20-24-15)12-7-5-4-6-9-22(12)16(23)17-13-8-10-21(3)19-13/h8,10-12H,4-7,9H2,1-3H3,(H,17,19,23). The van der Waals surface area contributed by atoms with Gasteiger partial charge in [-0.1, -0.05) is 31.8 Å². The molecule has 130 valence electrons. The Kier molecular flexibility index (Phi) is 4.82. The maximum absolute atomic E-state index is 12.7. The highest BCUT2D eigenvalue weighted by Gasteiger charge is 2.31. The third-order valence-electron chi connectivity index (χ3n) is 4.21. The van der Waals surface area contributed by atoms with Gasteiger partial charge in [0.2, 0.25) is 5.89 Å². The van der Waals surface area contributed by atoms with Crippen molar-refractivity contribution in [2.75, 3.05) is 11.9 Å². The monoisotopic (exact) mass is 332 g/mol. The van der Waals surface area contributed by atoms with Crippen LogP contribution in [-0.4, -0.2) is 37.4 Å². The van der Waals surface area contributed by atoms with E-state index in [-0.39, 0.29) is 18.0 Å². The molecule has 3 heterocycles. The predicted molar refractivity (Wildman–Crippen MR) is 88.5 cm³/mol. The van der Waals surface area contributed by atoms with Gasteiger partial charge in [0.05, 0.1) is 6.04 Å². The molecular formula is C16H24N6O2. The van der Waals surface area contributed by atoms with E-state index < -0.39 is 0 Å². The third-order valence-corrected chi connectivity index (χ3v) is 4.21. The van der Waals surface area contributed by atoms with E-state index in [1.807, 2.05) is 20.9 Å². The Hall–Kier alpha value is -2.38. The van der Waals surface area contributed by atoms with Gasteiger partial charge in [0.25, 0.3) is 0 Å². The molecule has 2 aromatic rings. The Morgan fingerprint density at radius 3 is 2.88 bits per heavy atom. The number of rotatable bonds is 3. The van der Waals surface area contributed by atoms with E-state index in [4.69, 9.17) is 4.52 Å². The third kappa shape index (κ3) is 3.58. The van der Waals surface area contributed by atoms with E-state index in [9.17, 15) is 4.79 Å². The summed E-state index contributed by atoms with van der Waals surface area (Å²) >= 11 is 0. The minimum Gasteiger partial charge on any atom is -0.339 e. The first kappa shape index (κ1) is 16.5. The van der Waals surface area contributed by atoms with Crippen LogP contribution in [0.4, 0.5) is 10.6 Å². The topological polar surface area (TPSA) is 89.1 Å². The zero-order valence-electron chi connectivity index (χ0n) is 14.4. The van der Waals surface area contributed by atoms with Crippen molar-refractivity contribution in [3.8, 4) is 0 Å². The first-order chi connectivity index (χ1) is 11.5. The number of hydrogen-bond donors (Lipinski definition) is 1. The lowest BCUT2D eigenvalue weighted by Gasteiger charge is -2.27. The quantitative estimate of drug-likeness (QED) is 0.933. The summed E-state index contributed by atoms with van der Waals surface area (Å²) in [6.45, 7) is 4.70. The van der Waals surface area contributed by atoms with Gasteiger partial charge in [-0.3, -0.25) is 10.00 Å². The van der Waals surface area contributed by atoms with Crippen LogP contribution in [0.3, 0.4) is 0 Å². The lowest BCUT2D eigenvalue weighted by molar-refractivity contribution is 0.184. The van der Waals surface area contributed by atoms with Crippen LogP contribution in [0.2, 0.25) is 0 Å². The largest absolute Gasteiger partial charge is 0.339 e. The number of carbonyl (C=O) groups excluding carboxylic acids is 1. The number of anilines is 1. The van der Waals surface area contributed by atoms with Crippen LogP contribution >= 0.6 is 0 Å². The zero-order valence-corrected chi connectivity index (χ0v) is 14.4. The van der Waals surface area contributed by atoms with Crippen LogP contribution in [0.25, 0.3) is 0 Å². The maximum Gasteiger partial charge on any atom is 0.323 e. The summed E-state index contributed by atoms with van der Waals surface area (Å²) in [7, 11) is 1.82. The van der Waals surface area contributed by atoms with Crippen molar-refractivity contribution in [2.45, 2.75) is 51.5 Å². The summed E-state index contributed by atoms with van der Waals surface area (Å²) in [6, 6.07) is 1.44. The normalized spacial score (nSPS) is 18.7. The second-order valence-electron chi connectivity index (χ2n) is 6.51. The molecule has 1 atom stereocenters. The second-order valence-corrected chi connectivity index (χ2v) is 6.51. The lowest BCUT2D eigenvalue weighted by Crippen LogP contribution is -2.38. The van der Waals surface area contributed by atoms with Crippen LogP contribution in [0.1, 0.15) is 63.2 Å². The van der Waals surface area contributed by atoms with Gasteiger partial charge >= 0.3 is 6.03 Å². The van der Waals surface area contributed by atoms with E-state index in [0.29, 0.717) is 24.1 Å². The number of aryl methyl sites for hydroxylation is 1. The fourth-order valence-corrected chi connectivity index (χ4v) is 2.90. The molecule has 2 amide bonds. The van der Waals surface area contributed by atoms with E-state index in [1.165, 1.54) is 0 Å². The average Bonchev–Trinajstić information content (AvgIpc) is 3.10. The van der Waals surface area contributed by atoms with Gasteiger partial charge in [0, 0.05) is 31.8 Å². The molecule has 1 aliphatic heterocycles. The van der Waals surface area contributed by atoms with Crippen LogP contribution in [0, 0.1) is 0 Å². The first-order valence-corrected chi connectivity index (χ1v) is 8.45. The van der Waals surface area contributed by atoms with Gasteiger partial charge in [-0.05, 0) is 12.8 Å². The van der Waals surface area contributed by atoms with Crippen molar-refractivity contribution < 1.29 is 9.32 Å². The molecule has 1 aliphatic rings. The van der Waals surface area contributed by atoms with Crippen molar-refractivity contribution in [3.05, 3.63) is 24.0 Å². The molecular weight excluding hydrogens is 308 g/mol. The zero-order chi connectivity index (χ0) is 17.1. The van der Waals surface area contributed by atoms with E-state index in [2.05, 4.69) is 20.6 Å². The van der Waals surface area contributed by atoms with Crippen LogP contribution in [-0.2, 0) is 7.05 Å². The number of likely N-dealkylation sites (tertiary alicyclic amines) is 1. The molecule has 1 unspecified atom stereocenters. The van der Waals surface area contributed by atoms with E-state index in [1.54, 1.807) is 21.8 Å². The van der Waals surface area contributed by atoms with Crippen LogP contribution in [0.5, 0.6) is 0 Å². The number of amides is 2. The maximum atomic E-state index is 12.7. The van der Waals surface area contributed by atoms with Gasteiger partial charge in [-0.15, -0.1) is 0 Å². The molecule has 8 heteroatoms. The van der Waals surface area contributed by atoms with Crippen LogP contribution < -0.4 is 5.32 Å². The van der Waals surface area contributed by atoms with Crippen molar-refractivity contribution in [3.63, 3.8) is 0 Å². The van der Waals surface area contributed by atoms with Crippen molar-refractivity contribution in [1.82, 2.24) is 24.8 Å². The van der Waals surface area contributed by atoms with Crippen LogP contribution in [0.15, 0.2) is 16.8 Å². The molecule has 0 spiro atoms. The Balaban J connectivity index is 1.79. The SMILES string of the molecule is CC(C)c1nc(C2CCCCCN2C(=O)Nc2ccn(C)n2)no1. The summed E-state index contributed by atoms with van der Waals surface area (Å²) in [5.74, 6) is 1.92. The van der Waals surface area contributed by atoms with Gasteiger partial charge in [0.1, 0.15) is 0 Å². The highest BCUT2D eigenvalue weighted by molar-refractivity contribution is 5.88. The summed E-state index contributed by atoms with van der Waals surface area (Å²) in [5, 5.41) is 11.2. The predicted octanol–water partition coefficient (Wildman–Crippen LogP) is 3.08. The highest BCUT2D eigenvalue weighted by atomic mass is 16.5. The second kappa shape index (κ2) is 7.02. The fraction of sp³-hybridized carbons (Fsp3) is 0.625. The Morgan fingerprint density at radius 2 is 2.21 bits per heavy atom. The fourth-order valence-electron chi connectivity index (χ4n) is 2.90. The van der Waals surface area contributed by atoms with Gasteiger partial charge in [0.15, 0.2) is 11.6 Å². The molecule has 0 aromatic carbocycles. The van der Waals surface area contributed by atoms with Crippen molar-refractivity contribution in [1.29, 1.82) is 0 Å².